The molecule has 140 valence electrons. The van der Waals surface area contributed by atoms with Crippen LogP contribution in [0.5, 0.6) is 0 Å². The van der Waals surface area contributed by atoms with E-state index in [0.717, 1.165) is 5.69 Å². The molecule has 0 saturated carbocycles. The molecule has 7 nitrogen and oxygen atoms in total. The summed E-state index contributed by atoms with van der Waals surface area (Å²) in [5.41, 5.74) is 2.21. The zero-order valence-corrected chi connectivity index (χ0v) is 15.9. The Morgan fingerprint density at radius 3 is 2.75 bits per heavy atom. The fourth-order valence-corrected chi connectivity index (χ4v) is 3.58. The first-order chi connectivity index (χ1) is 13.6. The summed E-state index contributed by atoms with van der Waals surface area (Å²) in [6.07, 6.45) is 5.06. The first kappa shape index (κ1) is 17.9. The number of thiazole rings is 1. The van der Waals surface area contributed by atoms with Crippen LogP contribution in [0.25, 0.3) is 16.9 Å². The minimum atomic E-state index is -0.365. The minimum Gasteiger partial charge on any atom is -0.349 e. The van der Waals surface area contributed by atoms with Gasteiger partial charge in [-0.05, 0) is 19.1 Å². The van der Waals surface area contributed by atoms with E-state index >= 15 is 0 Å². The maximum absolute atomic E-state index is 12.9. The van der Waals surface area contributed by atoms with Gasteiger partial charge in [-0.25, -0.2) is 4.98 Å². The van der Waals surface area contributed by atoms with Gasteiger partial charge in [0, 0.05) is 24.3 Å². The van der Waals surface area contributed by atoms with E-state index in [4.69, 9.17) is 0 Å². The Morgan fingerprint density at radius 2 is 2.07 bits per heavy atom. The molecule has 0 spiro atoms. The van der Waals surface area contributed by atoms with E-state index < -0.39 is 0 Å². The monoisotopic (exact) mass is 391 g/mol. The number of hydrogen-bond acceptors (Lipinski definition) is 5. The molecule has 28 heavy (non-hydrogen) atoms. The summed E-state index contributed by atoms with van der Waals surface area (Å²) in [7, 11) is 0. The number of nitrogens with zero attached hydrogens (tertiary/aromatic N) is 4. The molecule has 1 amide bonds. The first-order valence-corrected chi connectivity index (χ1v) is 9.47. The molecule has 4 rings (SSSR count). The van der Waals surface area contributed by atoms with Crippen molar-refractivity contribution in [3.05, 3.63) is 82.4 Å². The molecule has 1 N–H and O–H groups in total. The van der Waals surface area contributed by atoms with Gasteiger partial charge in [-0.15, -0.1) is 17.9 Å². The standard InChI is InChI=1S/C20H17N5O2S/c1-3-9-24-10-15(18(26)22-20-21-13(2)12-28-20)17-16(11-24)19(27)25(23-17)14-7-5-4-6-8-14/h3-8,10-12H,1,9H2,2H3,(H,21,22,26). The van der Waals surface area contributed by atoms with Crippen LogP contribution in [0.2, 0.25) is 0 Å². The second-order valence-electron chi connectivity index (χ2n) is 6.22. The van der Waals surface area contributed by atoms with Gasteiger partial charge in [0.1, 0.15) is 5.69 Å². The highest BCUT2D eigenvalue weighted by molar-refractivity contribution is 7.13. The Bertz CT molecular complexity index is 1190. The summed E-state index contributed by atoms with van der Waals surface area (Å²) in [6, 6.07) is 9.12. The molecule has 0 bridgehead atoms. The third kappa shape index (κ3) is 3.25. The SMILES string of the molecule is C=CCn1cc(C(=O)Nc2nc(C)cs2)c2nn(-c3ccccc3)c(=O)c-2c1. The topological polar surface area (TPSA) is 81.8 Å². The van der Waals surface area contributed by atoms with Crippen molar-refractivity contribution in [3.63, 3.8) is 0 Å². The number of amides is 1. The Labute approximate surface area is 164 Å². The molecule has 8 heteroatoms. The van der Waals surface area contributed by atoms with E-state index in [1.807, 2.05) is 30.5 Å². The van der Waals surface area contributed by atoms with Gasteiger partial charge in [-0.1, -0.05) is 24.3 Å². The number of nitrogens with one attached hydrogen (secondary N) is 1. The summed E-state index contributed by atoms with van der Waals surface area (Å²) in [6.45, 7) is 6.05. The molecular formula is C20H17N5O2S. The van der Waals surface area contributed by atoms with E-state index in [9.17, 15) is 9.59 Å². The van der Waals surface area contributed by atoms with E-state index in [0.29, 0.717) is 34.2 Å². The molecular weight excluding hydrogens is 374 g/mol. The highest BCUT2D eigenvalue weighted by Gasteiger charge is 2.24. The van der Waals surface area contributed by atoms with Crippen molar-refractivity contribution in [1.82, 2.24) is 19.3 Å². The quantitative estimate of drug-likeness (QED) is 0.529. The van der Waals surface area contributed by atoms with Crippen LogP contribution < -0.4 is 10.9 Å². The van der Waals surface area contributed by atoms with Crippen molar-refractivity contribution in [3.8, 4) is 16.9 Å². The average molecular weight is 391 g/mol. The Kier molecular flexibility index (Phi) is 4.62. The molecule has 0 atom stereocenters. The van der Waals surface area contributed by atoms with Crippen LogP contribution in [0.15, 0.2) is 65.6 Å². The molecule has 2 aliphatic heterocycles. The van der Waals surface area contributed by atoms with Gasteiger partial charge in [0.05, 0.1) is 22.5 Å². The zero-order chi connectivity index (χ0) is 19.7. The summed E-state index contributed by atoms with van der Waals surface area (Å²) >= 11 is 1.34. The second kappa shape index (κ2) is 7.24. The van der Waals surface area contributed by atoms with Gasteiger partial charge in [-0.3, -0.25) is 14.9 Å². The molecule has 0 unspecified atom stereocenters. The Hall–Kier alpha value is -3.52. The molecule has 0 saturated heterocycles. The van der Waals surface area contributed by atoms with Crippen LogP contribution in [0.1, 0.15) is 16.1 Å². The van der Waals surface area contributed by atoms with E-state index in [1.165, 1.54) is 16.0 Å². The van der Waals surface area contributed by atoms with Crippen molar-refractivity contribution in [2.75, 3.05) is 5.32 Å². The average Bonchev–Trinajstić information content (AvgIpc) is 3.25. The number of para-hydroxylation sites is 1. The number of rotatable bonds is 5. The third-order valence-electron chi connectivity index (χ3n) is 4.15. The van der Waals surface area contributed by atoms with Gasteiger partial charge in [0.15, 0.2) is 5.13 Å². The smallest absolute Gasteiger partial charge is 0.282 e. The molecule has 2 aromatic rings. The number of aromatic nitrogens is 4. The highest BCUT2D eigenvalue weighted by Crippen LogP contribution is 2.24. The number of fused-ring (bicyclic) bond motifs is 1. The summed E-state index contributed by atoms with van der Waals surface area (Å²) < 4.78 is 3.06. The molecule has 1 aromatic heterocycles. The number of benzene rings is 1. The lowest BCUT2D eigenvalue weighted by atomic mass is 10.1. The van der Waals surface area contributed by atoms with Crippen LogP contribution in [0.4, 0.5) is 5.13 Å². The molecule has 0 radical (unpaired) electrons. The van der Waals surface area contributed by atoms with Gasteiger partial charge in [0.25, 0.3) is 11.5 Å². The predicted octanol–water partition coefficient (Wildman–Crippen LogP) is 3.34. The van der Waals surface area contributed by atoms with Crippen molar-refractivity contribution in [2.45, 2.75) is 13.5 Å². The van der Waals surface area contributed by atoms with Gasteiger partial charge >= 0.3 is 0 Å². The lowest BCUT2D eigenvalue weighted by molar-refractivity contribution is 0.102. The number of pyridine rings is 1. The van der Waals surface area contributed by atoms with Crippen molar-refractivity contribution < 1.29 is 4.79 Å². The lowest BCUT2D eigenvalue weighted by Gasteiger charge is -2.10. The molecule has 1 aromatic carbocycles. The molecule has 0 aliphatic carbocycles. The number of carbonyl (C=O) groups is 1. The van der Waals surface area contributed by atoms with Crippen LogP contribution in [0.3, 0.4) is 0 Å². The molecule has 2 aliphatic rings. The maximum atomic E-state index is 12.9. The molecule has 3 heterocycles. The largest absolute Gasteiger partial charge is 0.349 e. The maximum Gasteiger partial charge on any atom is 0.282 e. The van der Waals surface area contributed by atoms with E-state index in [1.54, 1.807) is 35.2 Å². The normalized spacial score (nSPS) is 10.9. The minimum absolute atomic E-state index is 0.279. The Balaban J connectivity index is 1.85. The van der Waals surface area contributed by atoms with Crippen LogP contribution in [0, 0.1) is 6.92 Å². The van der Waals surface area contributed by atoms with Crippen molar-refractivity contribution >= 4 is 22.4 Å². The number of hydrogen-bond donors (Lipinski definition) is 1. The zero-order valence-electron chi connectivity index (χ0n) is 15.1. The molecule has 0 fully saturated rings. The number of anilines is 1. The second-order valence-corrected chi connectivity index (χ2v) is 7.08. The predicted molar refractivity (Wildman–Crippen MR) is 109 cm³/mol. The van der Waals surface area contributed by atoms with Crippen LogP contribution in [-0.4, -0.2) is 25.2 Å². The van der Waals surface area contributed by atoms with Gasteiger partial charge in [-0.2, -0.15) is 9.78 Å². The summed E-state index contributed by atoms with van der Waals surface area (Å²) in [4.78, 5) is 30.1. The Morgan fingerprint density at radius 1 is 1.29 bits per heavy atom. The number of aryl methyl sites for hydroxylation is 1. The van der Waals surface area contributed by atoms with Crippen LogP contribution in [-0.2, 0) is 6.54 Å². The highest BCUT2D eigenvalue weighted by atomic mass is 32.1. The summed E-state index contributed by atoms with van der Waals surface area (Å²) in [5, 5.41) is 9.58. The third-order valence-corrected chi connectivity index (χ3v) is 5.02. The van der Waals surface area contributed by atoms with E-state index in [2.05, 4.69) is 22.0 Å². The first-order valence-electron chi connectivity index (χ1n) is 8.59. The van der Waals surface area contributed by atoms with Gasteiger partial charge in [0.2, 0.25) is 0 Å². The fourth-order valence-electron chi connectivity index (χ4n) is 2.90. The van der Waals surface area contributed by atoms with Crippen molar-refractivity contribution in [1.29, 1.82) is 0 Å². The van der Waals surface area contributed by atoms with Gasteiger partial charge < -0.3 is 4.57 Å². The van der Waals surface area contributed by atoms with Crippen LogP contribution >= 0.6 is 11.3 Å². The van der Waals surface area contributed by atoms with E-state index in [-0.39, 0.29) is 11.5 Å². The van der Waals surface area contributed by atoms with Crippen molar-refractivity contribution in [2.24, 2.45) is 0 Å². The number of allylic oxidation sites excluding steroid dienone is 1. The summed E-state index contributed by atoms with van der Waals surface area (Å²) in [5.74, 6) is -0.365. The number of carbonyl (C=O) groups excluding carboxylic acids is 1. The fraction of sp³-hybridized carbons (Fsp3) is 0.100. The lowest BCUT2D eigenvalue weighted by Crippen LogP contribution is -2.17.